The number of amides is 1. The van der Waals surface area contributed by atoms with Crippen LogP contribution in [0.1, 0.15) is 23.7 Å². The van der Waals surface area contributed by atoms with E-state index >= 15 is 0 Å². The van der Waals surface area contributed by atoms with Crippen LogP contribution in [0.5, 0.6) is 0 Å². The van der Waals surface area contributed by atoms with Gasteiger partial charge in [-0.3, -0.25) is 9.78 Å². The molecule has 112 valence electrons. The summed E-state index contributed by atoms with van der Waals surface area (Å²) in [5, 5.41) is 21.2. The van der Waals surface area contributed by atoms with Crippen LogP contribution in [-0.2, 0) is 4.79 Å². The van der Waals surface area contributed by atoms with E-state index in [2.05, 4.69) is 10.3 Å². The summed E-state index contributed by atoms with van der Waals surface area (Å²) in [4.78, 5) is 27.9. The summed E-state index contributed by atoms with van der Waals surface area (Å²) < 4.78 is 0. The number of carboxylic acids is 1. The molecule has 0 fully saturated rings. The number of nitrogens with zero attached hydrogens (tertiary/aromatic N) is 2. The van der Waals surface area contributed by atoms with Crippen molar-refractivity contribution >= 4 is 22.8 Å². The number of hydrogen-bond donors (Lipinski definition) is 2. The Morgan fingerprint density at radius 3 is 2.77 bits per heavy atom. The van der Waals surface area contributed by atoms with Crippen molar-refractivity contribution in [1.82, 2.24) is 10.3 Å². The van der Waals surface area contributed by atoms with Crippen molar-refractivity contribution < 1.29 is 14.7 Å². The molecule has 0 saturated heterocycles. The molecule has 0 bridgehead atoms. The molecular formula is C16H15N3O3. The topological polar surface area (TPSA) is 103 Å². The zero-order valence-electron chi connectivity index (χ0n) is 12.0. The number of nitriles is 1. The number of hydrogen-bond acceptors (Lipinski definition) is 4. The third-order valence-corrected chi connectivity index (χ3v) is 3.41. The van der Waals surface area contributed by atoms with Gasteiger partial charge in [0.15, 0.2) is 0 Å². The van der Waals surface area contributed by atoms with Gasteiger partial charge in [-0.2, -0.15) is 5.26 Å². The van der Waals surface area contributed by atoms with Crippen LogP contribution in [0.2, 0.25) is 0 Å². The lowest BCUT2D eigenvalue weighted by Crippen LogP contribution is -2.45. The Hall–Kier alpha value is -2.94. The predicted octanol–water partition coefficient (Wildman–Crippen LogP) is 1.97. The highest BCUT2D eigenvalue weighted by atomic mass is 16.4. The molecule has 2 N–H and O–H groups in total. The minimum Gasteiger partial charge on any atom is -0.480 e. The molecule has 1 aromatic heterocycles. The van der Waals surface area contributed by atoms with E-state index < -0.39 is 23.8 Å². The summed E-state index contributed by atoms with van der Waals surface area (Å²) in [6, 6.07) is 9.52. The van der Waals surface area contributed by atoms with Crippen LogP contribution in [0.25, 0.3) is 10.9 Å². The molecular weight excluding hydrogens is 282 g/mol. The highest BCUT2D eigenvalue weighted by Gasteiger charge is 2.27. The van der Waals surface area contributed by atoms with Gasteiger partial charge in [-0.15, -0.1) is 0 Å². The molecule has 0 aliphatic carbocycles. The maximum absolute atomic E-state index is 12.4. The number of carboxylic acid groups (broad SMARTS) is 1. The van der Waals surface area contributed by atoms with Crippen LogP contribution in [0, 0.1) is 17.2 Å². The van der Waals surface area contributed by atoms with E-state index in [1.807, 2.05) is 18.2 Å². The van der Waals surface area contributed by atoms with Crippen LogP contribution >= 0.6 is 0 Å². The monoisotopic (exact) mass is 297 g/mol. The molecule has 0 aliphatic rings. The summed E-state index contributed by atoms with van der Waals surface area (Å²) in [6.45, 7) is 1.61. The number of carbonyl (C=O) groups excluding carboxylic acids is 1. The van der Waals surface area contributed by atoms with Gasteiger partial charge in [0.05, 0.1) is 17.1 Å². The molecule has 1 amide bonds. The lowest BCUT2D eigenvalue weighted by Gasteiger charge is -2.19. The molecule has 1 heterocycles. The smallest absolute Gasteiger partial charge is 0.326 e. The average molecular weight is 297 g/mol. The van der Waals surface area contributed by atoms with E-state index in [4.69, 9.17) is 5.26 Å². The predicted molar refractivity (Wildman–Crippen MR) is 80.0 cm³/mol. The zero-order valence-corrected chi connectivity index (χ0v) is 12.0. The van der Waals surface area contributed by atoms with Gasteiger partial charge in [0.2, 0.25) is 0 Å². The van der Waals surface area contributed by atoms with Crippen LogP contribution in [0.15, 0.2) is 36.5 Å². The first-order valence-electron chi connectivity index (χ1n) is 6.79. The number of aromatic nitrogens is 1. The van der Waals surface area contributed by atoms with Gasteiger partial charge >= 0.3 is 5.97 Å². The fourth-order valence-corrected chi connectivity index (χ4v) is 2.22. The zero-order chi connectivity index (χ0) is 16.1. The van der Waals surface area contributed by atoms with Crippen molar-refractivity contribution in [3.05, 3.63) is 42.1 Å². The molecule has 6 heteroatoms. The summed E-state index contributed by atoms with van der Waals surface area (Å²) >= 11 is 0. The van der Waals surface area contributed by atoms with Crippen LogP contribution in [0.3, 0.4) is 0 Å². The molecule has 0 radical (unpaired) electrons. The Labute approximate surface area is 127 Å². The second kappa shape index (κ2) is 6.68. The Kier molecular flexibility index (Phi) is 4.69. The van der Waals surface area contributed by atoms with E-state index in [9.17, 15) is 14.7 Å². The standard InChI is InChI=1S/C16H15N3O3/c1-10(7-8-17)13(16(21)22)19-15(20)12-6-2-4-11-5-3-9-18-14(11)12/h2-6,9-10,13H,7H2,1H3,(H,19,20)(H,21,22)/t10-,13-/m0/s1. The van der Waals surface area contributed by atoms with Gasteiger partial charge in [-0.25, -0.2) is 4.79 Å². The highest BCUT2D eigenvalue weighted by molar-refractivity contribution is 6.06. The molecule has 2 rings (SSSR count). The number of benzene rings is 1. The lowest BCUT2D eigenvalue weighted by atomic mass is 9.98. The van der Waals surface area contributed by atoms with Gasteiger partial charge in [-0.05, 0) is 12.1 Å². The first kappa shape index (κ1) is 15.4. The van der Waals surface area contributed by atoms with Crippen molar-refractivity contribution in [2.75, 3.05) is 0 Å². The fraction of sp³-hybridized carbons (Fsp3) is 0.250. The normalized spacial score (nSPS) is 13.1. The summed E-state index contributed by atoms with van der Waals surface area (Å²) in [7, 11) is 0. The second-order valence-corrected chi connectivity index (χ2v) is 5.01. The molecule has 0 spiro atoms. The average Bonchev–Trinajstić information content (AvgIpc) is 2.51. The number of fused-ring (bicyclic) bond motifs is 1. The van der Waals surface area contributed by atoms with Gasteiger partial charge in [0, 0.05) is 23.9 Å². The van der Waals surface area contributed by atoms with E-state index in [1.54, 1.807) is 31.3 Å². The first-order valence-corrected chi connectivity index (χ1v) is 6.79. The quantitative estimate of drug-likeness (QED) is 0.878. The minimum atomic E-state index is -1.16. The van der Waals surface area contributed by atoms with Gasteiger partial charge in [0.25, 0.3) is 5.91 Å². The number of pyridine rings is 1. The largest absolute Gasteiger partial charge is 0.480 e. The minimum absolute atomic E-state index is 0.0467. The molecule has 22 heavy (non-hydrogen) atoms. The van der Waals surface area contributed by atoms with Crippen molar-refractivity contribution in [3.8, 4) is 6.07 Å². The van der Waals surface area contributed by atoms with Gasteiger partial charge in [-0.1, -0.05) is 25.1 Å². The molecule has 0 aliphatic heterocycles. The number of para-hydroxylation sites is 1. The lowest BCUT2D eigenvalue weighted by molar-refractivity contribution is -0.140. The van der Waals surface area contributed by atoms with Crippen molar-refractivity contribution in [3.63, 3.8) is 0 Å². The Balaban J connectivity index is 2.30. The van der Waals surface area contributed by atoms with E-state index in [0.29, 0.717) is 11.1 Å². The number of nitrogens with one attached hydrogen (secondary N) is 1. The second-order valence-electron chi connectivity index (χ2n) is 5.01. The Morgan fingerprint density at radius 2 is 2.09 bits per heavy atom. The molecule has 0 saturated carbocycles. The molecule has 6 nitrogen and oxygen atoms in total. The first-order chi connectivity index (χ1) is 10.5. The van der Waals surface area contributed by atoms with E-state index in [1.165, 1.54) is 0 Å². The Bertz CT molecular complexity index is 746. The maximum atomic E-state index is 12.4. The fourth-order valence-electron chi connectivity index (χ4n) is 2.22. The number of carbonyl (C=O) groups is 2. The van der Waals surface area contributed by atoms with Gasteiger partial charge in [0.1, 0.15) is 6.04 Å². The van der Waals surface area contributed by atoms with Crippen LogP contribution < -0.4 is 5.32 Å². The number of rotatable bonds is 5. The molecule has 1 aromatic carbocycles. The van der Waals surface area contributed by atoms with E-state index in [-0.39, 0.29) is 6.42 Å². The van der Waals surface area contributed by atoms with Gasteiger partial charge < -0.3 is 10.4 Å². The summed E-state index contributed by atoms with van der Waals surface area (Å²) in [5.74, 6) is -2.17. The molecule has 2 aromatic rings. The third kappa shape index (κ3) is 3.20. The van der Waals surface area contributed by atoms with E-state index in [0.717, 1.165) is 5.39 Å². The SMILES string of the molecule is C[C@@H](CC#N)[C@H](NC(=O)c1cccc2cccnc12)C(=O)O. The number of aliphatic carboxylic acids is 1. The summed E-state index contributed by atoms with van der Waals surface area (Å²) in [5.41, 5.74) is 0.827. The van der Waals surface area contributed by atoms with Crippen LogP contribution in [-0.4, -0.2) is 28.0 Å². The maximum Gasteiger partial charge on any atom is 0.326 e. The third-order valence-electron chi connectivity index (χ3n) is 3.41. The van der Waals surface area contributed by atoms with Crippen LogP contribution in [0.4, 0.5) is 0 Å². The molecule has 2 atom stereocenters. The van der Waals surface area contributed by atoms with Crippen molar-refractivity contribution in [1.29, 1.82) is 5.26 Å². The molecule has 0 unspecified atom stereocenters. The van der Waals surface area contributed by atoms with Crippen molar-refractivity contribution in [2.45, 2.75) is 19.4 Å². The van der Waals surface area contributed by atoms with Crippen molar-refractivity contribution in [2.24, 2.45) is 5.92 Å². The highest BCUT2D eigenvalue weighted by Crippen LogP contribution is 2.17. The summed E-state index contributed by atoms with van der Waals surface area (Å²) in [6.07, 6.45) is 1.62. The Morgan fingerprint density at radius 1 is 1.36 bits per heavy atom.